The van der Waals surface area contributed by atoms with Gasteiger partial charge in [-0.2, -0.15) is 0 Å². The van der Waals surface area contributed by atoms with E-state index in [9.17, 15) is 9.59 Å². The summed E-state index contributed by atoms with van der Waals surface area (Å²) in [7, 11) is 1.65. The Balaban J connectivity index is 1.52. The van der Waals surface area contributed by atoms with E-state index in [0.717, 1.165) is 30.6 Å². The van der Waals surface area contributed by atoms with E-state index in [0.29, 0.717) is 17.6 Å². The van der Waals surface area contributed by atoms with Gasteiger partial charge in [0.2, 0.25) is 0 Å². The van der Waals surface area contributed by atoms with Crippen LogP contribution in [-0.4, -0.2) is 30.2 Å². The summed E-state index contributed by atoms with van der Waals surface area (Å²) in [6, 6.07) is 11.3. The smallest absolute Gasteiger partial charge is 0.332 e. The molecule has 1 N–H and O–H groups in total. The first-order chi connectivity index (χ1) is 14.6. The minimum Gasteiger partial charge on any atom is -0.337 e. The zero-order valence-corrected chi connectivity index (χ0v) is 16.9. The summed E-state index contributed by atoms with van der Waals surface area (Å²) < 4.78 is 4.73. The second-order valence-corrected chi connectivity index (χ2v) is 7.26. The largest absolute Gasteiger partial charge is 0.337 e. The molecule has 0 aliphatic carbocycles. The Morgan fingerprint density at radius 1 is 1.10 bits per heavy atom. The first kappa shape index (κ1) is 19.8. The molecule has 0 fully saturated rings. The van der Waals surface area contributed by atoms with E-state index in [1.807, 2.05) is 47.2 Å². The third kappa shape index (κ3) is 4.23. The van der Waals surface area contributed by atoms with Gasteiger partial charge in [-0.15, -0.1) is 0 Å². The molecular weight excluding hydrogens is 380 g/mol. The number of hydrogen-bond acceptors (Lipinski definition) is 5. The van der Waals surface area contributed by atoms with Crippen LogP contribution in [0.3, 0.4) is 0 Å². The van der Waals surface area contributed by atoms with Crippen molar-refractivity contribution in [2.24, 2.45) is 7.05 Å². The Morgan fingerprint density at radius 3 is 2.70 bits per heavy atom. The number of aromatic nitrogens is 5. The average molecular weight is 404 g/mol. The van der Waals surface area contributed by atoms with Gasteiger partial charge in [-0.05, 0) is 30.2 Å². The molecule has 4 aromatic rings. The van der Waals surface area contributed by atoms with Crippen molar-refractivity contribution in [2.45, 2.75) is 26.1 Å². The molecule has 4 rings (SSSR count). The van der Waals surface area contributed by atoms with Crippen molar-refractivity contribution in [1.29, 1.82) is 0 Å². The molecule has 8 heteroatoms. The molecule has 0 bridgehead atoms. The lowest BCUT2D eigenvalue weighted by molar-refractivity contribution is 0.580. The molecular formula is C22H24N6O2. The zero-order valence-electron chi connectivity index (χ0n) is 16.9. The van der Waals surface area contributed by atoms with Crippen LogP contribution in [0.25, 0.3) is 11.0 Å². The summed E-state index contributed by atoms with van der Waals surface area (Å²) >= 11 is 0. The summed E-state index contributed by atoms with van der Waals surface area (Å²) in [5.74, 6) is 0. The van der Waals surface area contributed by atoms with Gasteiger partial charge in [-0.3, -0.25) is 13.9 Å². The van der Waals surface area contributed by atoms with Gasteiger partial charge < -0.3 is 9.88 Å². The molecule has 1 aromatic carbocycles. The molecule has 3 heterocycles. The monoisotopic (exact) mass is 404 g/mol. The second kappa shape index (κ2) is 8.87. The highest BCUT2D eigenvalue weighted by molar-refractivity contribution is 5.74. The maximum atomic E-state index is 13.0. The molecule has 0 saturated heterocycles. The van der Waals surface area contributed by atoms with Crippen molar-refractivity contribution in [3.63, 3.8) is 0 Å². The zero-order chi connectivity index (χ0) is 20.9. The molecule has 0 amide bonds. The van der Waals surface area contributed by atoms with Crippen LogP contribution in [0, 0.1) is 0 Å². The number of nitrogens with one attached hydrogen (secondary N) is 1. The fourth-order valence-corrected chi connectivity index (χ4v) is 3.47. The Kier molecular flexibility index (Phi) is 5.85. The van der Waals surface area contributed by atoms with Crippen LogP contribution in [0.4, 0.5) is 0 Å². The summed E-state index contributed by atoms with van der Waals surface area (Å²) in [4.78, 5) is 34.2. The van der Waals surface area contributed by atoms with Crippen LogP contribution < -0.4 is 16.6 Å². The number of rotatable bonds is 8. The molecule has 0 spiro atoms. The maximum absolute atomic E-state index is 13.0. The number of hydrogen-bond donors (Lipinski definition) is 1. The highest BCUT2D eigenvalue weighted by Crippen LogP contribution is 2.08. The van der Waals surface area contributed by atoms with Gasteiger partial charge in [0.05, 0.1) is 18.3 Å². The first-order valence-corrected chi connectivity index (χ1v) is 9.92. The molecule has 0 aliphatic rings. The molecule has 3 aromatic heterocycles. The fraction of sp³-hybridized carbons (Fsp3) is 0.273. The number of pyridine rings is 1. The van der Waals surface area contributed by atoms with Gasteiger partial charge in [-0.25, -0.2) is 14.8 Å². The van der Waals surface area contributed by atoms with Crippen LogP contribution >= 0.6 is 0 Å². The van der Waals surface area contributed by atoms with Gasteiger partial charge >= 0.3 is 5.69 Å². The Labute approximate surface area is 173 Å². The Morgan fingerprint density at radius 2 is 1.93 bits per heavy atom. The minimum absolute atomic E-state index is 0.235. The van der Waals surface area contributed by atoms with Crippen LogP contribution in [0.15, 0.2) is 70.9 Å². The number of benzene rings is 1. The first-order valence-electron chi connectivity index (χ1n) is 9.92. The lowest BCUT2D eigenvalue weighted by Gasteiger charge is -2.11. The number of fused-ring (bicyclic) bond motifs is 1. The predicted octanol–water partition coefficient (Wildman–Crippen LogP) is 1.52. The van der Waals surface area contributed by atoms with E-state index in [2.05, 4.69) is 15.3 Å². The van der Waals surface area contributed by atoms with E-state index in [4.69, 9.17) is 0 Å². The standard InChI is InChI=1S/C22H24N6O2/c1-26-20-19(21(29)28(22(26)30)15-17-6-3-2-4-7-17)12-18(14-25-20)13-23-8-5-10-27-11-9-24-16-27/h2-4,6-7,9,11-12,14,16,23H,5,8,10,13,15H2,1H3. The number of aryl methyl sites for hydroxylation is 2. The van der Waals surface area contributed by atoms with Gasteiger partial charge in [-0.1, -0.05) is 30.3 Å². The van der Waals surface area contributed by atoms with Crippen molar-refractivity contribution < 1.29 is 0 Å². The van der Waals surface area contributed by atoms with Gasteiger partial charge in [0.25, 0.3) is 5.56 Å². The Bertz CT molecular complexity index is 1240. The molecule has 8 nitrogen and oxygen atoms in total. The third-order valence-electron chi connectivity index (χ3n) is 5.08. The van der Waals surface area contributed by atoms with E-state index < -0.39 is 0 Å². The highest BCUT2D eigenvalue weighted by atomic mass is 16.2. The van der Waals surface area contributed by atoms with Crippen LogP contribution in [0.5, 0.6) is 0 Å². The third-order valence-corrected chi connectivity index (χ3v) is 5.08. The molecule has 0 saturated carbocycles. The van der Waals surface area contributed by atoms with E-state index in [1.54, 1.807) is 25.8 Å². The molecule has 0 aliphatic heterocycles. The lowest BCUT2D eigenvalue weighted by atomic mass is 10.2. The normalized spacial score (nSPS) is 11.2. The molecule has 0 radical (unpaired) electrons. The van der Waals surface area contributed by atoms with Crippen molar-refractivity contribution in [1.82, 2.24) is 29.0 Å². The van der Waals surface area contributed by atoms with Crippen LogP contribution in [-0.2, 0) is 26.7 Å². The number of nitrogens with zero attached hydrogens (tertiary/aromatic N) is 5. The van der Waals surface area contributed by atoms with Gasteiger partial charge in [0.1, 0.15) is 5.65 Å². The van der Waals surface area contributed by atoms with Crippen molar-refractivity contribution in [2.75, 3.05) is 6.54 Å². The highest BCUT2D eigenvalue weighted by Gasteiger charge is 2.13. The minimum atomic E-state index is -0.366. The molecule has 154 valence electrons. The van der Waals surface area contributed by atoms with Crippen LogP contribution in [0.2, 0.25) is 0 Å². The van der Waals surface area contributed by atoms with Crippen molar-refractivity contribution in [3.05, 3.63) is 93.3 Å². The summed E-state index contributed by atoms with van der Waals surface area (Å²) in [5.41, 5.74) is 1.53. The van der Waals surface area contributed by atoms with E-state index >= 15 is 0 Å². The van der Waals surface area contributed by atoms with Crippen LogP contribution in [0.1, 0.15) is 17.5 Å². The van der Waals surface area contributed by atoms with Crippen molar-refractivity contribution >= 4 is 11.0 Å². The van der Waals surface area contributed by atoms with E-state index in [-0.39, 0.29) is 17.8 Å². The predicted molar refractivity (Wildman–Crippen MR) is 115 cm³/mol. The fourth-order valence-electron chi connectivity index (χ4n) is 3.47. The maximum Gasteiger partial charge on any atom is 0.332 e. The quantitative estimate of drug-likeness (QED) is 0.450. The molecule has 0 atom stereocenters. The van der Waals surface area contributed by atoms with E-state index in [1.165, 1.54) is 9.13 Å². The topological polar surface area (TPSA) is 86.7 Å². The van der Waals surface area contributed by atoms with Gasteiger partial charge in [0.15, 0.2) is 0 Å². The summed E-state index contributed by atoms with van der Waals surface area (Å²) in [5, 5.41) is 3.83. The SMILES string of the molecule is Cn1c(=O)n(Cc2ccccc2)c(=O)c2cc(CNCCCn3ccnc3)cnc21. The lowest BCUT2D eigenvalue weighted by Crippen LogP contribution is -2.39. The molecule has 0 unspecified atom stereocenters. The van der Waals surface area contributed by atoms with Crippen molar-refractivity contribution in [3.8, 4) is 0 Å². The summed E-state index contributed by atoms with van der Waals surface area (Å²) in [6.45, 7) is 2.57. The average Bonchev–Trinajstić information content (AvgIpc) is 3.29. The Hall–Kier alpha value is -3.52. The molecule has 30 heavy (non-hydrogen) atoms. The second-order valence-electron chi connectivity index (χ2n) is 7.26. The van der Waals surface area contributed by atoms with Gasteiger partial charge in [0, 0.05) is 38.7 Å². The summed E-state index contributed by atoms with van der Waals surface area (Å²) in [6.07, 6.45) is 8.20. The number of imidazole rings is 1.